The summed E-state index contributed by atoms with van der Waals surface area (Å²) in [5.74, 6) is 0.190. The molecule has 1 aromatic rings. The summed E-state index contributed by atoms with van der Waals surface area (Å²) in [5, 5.41) is 8.87. The Morgan fingerprint density at radius 2 is 2.06 bits per heavy atom. The maximum absolute atomic E-state index is 12.6. The molecule has 0 aliphatic heterocycles. The van der Waals surface area contributed by atoms with Crippen molar-refractivity contribution in [1.82, 2.24) is 0 Å². The fraction of sp³-hybridized carbons (Fsp3) is 0.417. The van der Waals surface area contributed by atoms with E-state index in [1.54, 1.807) is 12.1 Å². The zero-order chi connectivity index (χ0) is 12.0. The van der Waals surface area contributed by atoms with Crippen LogP contribution < -0.4 is 0 Å². The van der Waals surface area contributed by atoms with E-state index in [9.17, 15) is 9.18 Å². The van der Waals surface area contributed by atoms with E-state index in [-0.39, 0.29) is 23.5 Å². The maximum atomic E-state index is 12.6. The highest BCUT2D eigenvalue weighted by molar-refractivity contribution is 8.00. The van der Waals surface area contributed by atoms with Gasteiger partial charge in [-0.1, -0.05) is 19.1 Å². The van der Waals surface area contributed by atoms with Gasteiger partial charge in [0.1, 0.15) is 11.6 Å². The summed E-state index contributed by atoms with van der Waals surface area (Å²) in [7, 11) is 0. The first kappa shape index (κ1) is 13.2. The summed E-state index contributed by atoms with van der Waals surface area (Å²) >= 11 is 1.43. The molecule has 16 heavy (non-hydrogen) atoms. The summed E-state index contributed by atoms with van der Waals surface area (Å²) in [6, 6.07) is 5.94. The Labute approximate surface area is 98.9 Å². The van der Waals surface area contributed by atoms with Gasteiger partial charge in [0.15, 0.2) is 0 Å². The molecule has 0 heterocycles. The molecular weight excluding hydrogens is 227 g/mol. The van der Waals surface area contributed by atoms with Gasteiger partial charge >= 0.3 is 0 Å². The Morgan fingerprint density at radius 3 is 2.62 bits per heavy atom. The number of aliphatic hydroxyl groups is 1. The van der Waals surface area contributed by atoms with Crippen molar-refractivity contribution in [3.8, 4) is 0 Å². The van der Waals surface area contributed by atoms with Gasteiger partial charge in [-0.25, -0.2) is 4.39 Å². The maximum Gasteiger partial charge on any atom is 0.147 e. The smallest absolute Gasteiger partial charge is 0.147 e. The lowest BCUT2D eigenvalue weighted by atomic mass is 10.1. The molecule has 1 atom stereocenters. The van der Waals surface area contributed by atoms with Crippen molar-refractivity contribution in [2.75, 3.05) is 12.4 Å². The van der Waals surface area contributed by atoms with Crippen LogP contribution in [0.2, 0.25) is 0 Å². The van der Waals surface area contributed by atoms with Crippen LogP contribution in [0.15, 0.2) is 24.3 Å². The molecule has 0 fully saturated rings. The van der Waals surface area contributed by atoms with Crippen molar-refractivity contribution in [3.05, 3.63) is 35.6 Å². The van der Waals surface area contributed by atoms with Gasteiger partial charge < -0.3 is 5.11 Å². The van der Waals surface area contributed by atoms with Crippen LogP contribution in [0.5, 0.6) is 0 Å². The van der Waals surface area contributed by atoms with Gasteiger partial charge in [0.05, 0.1) is 12.4 Å². The summed E-state index contributed by atoms with van der Waals surface area (Å²) in [5.41, 5.74) is 0.823. The monoisotopic (exact) mass is 242 g/mol. The molecule has 1 unspecified atom stereocenters. The Hall–Kier alpha value is -0.870. The fourth-order valence-electron chi connectivity index (χ4n) is 1.17. The Balaban J connectivity index is 2.37. The van der Waals surface area contributed by atoms with Crippen molar-refractivity contribution in [2.45, 2.75) is 18.6 Å². The number of halogens is 1. The van der Waals surface area contributed by atoms with E-state index in [1.165, 1.54) is 23.9 Å². The van der Waals surface area contributed by atoms with E-state index in [1.807, 2.05) is 6.92 Å². The second kappa shape index (κ2) is 6.66. The highest BCUT2D eigenvalue weighted by atomic mass is 32.2. The van der Waals surface area contributed by atoms with Gasteiger partial charge in [0, 0.05) is 11.7 Å². The molecule has 0 amide bonds. The molecule has 0 saturated carbocycles. The number of carbonyl (C=O) groups is 1. The molecule has 0 spiro atoms. The first-order valence-corrected chi connectivity index (χ1v) is 6.15. The van der Waals surface area contributed by atoms with E-state index in [4.69, 9.17) is 5.11 Å². The third-order valence-corrected chi connectivity index (χ3v) is 3.31. The van der Waals surface area contributed by atoms with Gasteiger partial charge in [-0.3, -0.25) is 4.79 Å². The van der Waals surface area contributed by atoms with Gasteiger partial charge in [-0.2, -0.15) is 0 Å². The molecule has 1 rings (SSSR count). The molecule has 0 aliphatic rings. The van der Waals surface area contributed by atoms with E-state index < -0.39 is 0 Å². The number of carbonyl (C=O) groups excluding carboxylic acids is 1. The second-order valence-electron chi connectivity index (χ2n) is 3.65. The number of ketones is 1. The number of hydrogen-bond acceptors (Lipinski definition) is 3. The van der Waals surface area contributed by atoms with E-state index in [2.05, 4.69) is 0 Å². The first-order chi connectivity index (χ1) is 7.61. The molecule has 0 saturated heterocycles. The van der Waals surface area contributed by atoms with Gasteiger partial charge in [-0.05, 0) is 17.7 Å². The van der Waals surface area contributed by atoms with Crippen LogP contribution in [0.1, 0.15) is 12.5 Å². The van der Waals surface area contributed by atoms with Crippen LogP contribution in [0.25, 0.3) is 0 Å². The molecule has 2 nitrogen and oxygen atoms in total. The predicted molar refractivity (Wildman–Crippen MR) is 64.1 cm³/mol. The number of Topliss-reactive ketones (excluding diaryl/α,β-unsaturated/α-hetero) is 1. The summed E-state index contributed by atoms with van der Waals surface area (Å²) in [4.78, 5) is 11.5. The van der Waals surface area contributed by atoms with Crippen LogP contribution in [0.4, 0.5) is 4.39 Å². The van der Waals surface area contributed by atoms with E-state index >= 15 is 0 Å². The number of aliphatic hydroxyl groups excluding tert-OH is 1. The van der Waals surface area contributed by atoms with E-state index in [0.29, 0.717) is 12.2 Å². The average Bonchev–Trinajstić information content (AvgIpc) is 2.29. The number of hydrogen-bond donors (Lipinski definition) is 1. The molecule has 0 bridgehead atoms. The van der Waals surface area contributed by atoms with Gasteiger partial charge in [0.2, 0.25) is 0 Å². The molecule has 1 aromatic carbocycles. The zero-order valence-electron chi connectivity index (χ0n) is 9.15. The van der Waals surface area contributed by atoms with Gasteiger partial charge in [0.25, 0.3) is 0 Å². The molecule has 0 aliphatic carbocycles. The van der Waals surface area contributed by atoms with E-state index in [0.717, 1.165) is 5.56 Å². The lowest BCUT2D eigenvalue weighted by molar-refractivity contribution is -0.116. The minimum Gasteiger partial charge on any atom is -0.395 e. The number of benzene rings is 1. The number of thioether (sulfide) groups is 1. The molecule has 4 heteroatoms. The Morgan fingerprint density at radius 1 is 1.44 bits per heavy atom. The van der Waals surface area contributed by atoms with Crippen LogP contribution in [0, 0.1) is 5.82 Å². The SMILES string of the molecule is CC(CO)SCC(=O)Cc1ccc(F)cc1. The molecule has 1 N–H and O–H groups in total. The normalized spacial score (nSPS) is 12.4. The highest BCUT2D eigenvalue weighted by Crippen LogP contribution is 2.11. The van der Waals surface area contributed by atoms with Crippen LogP contribution in [-0.2, 0) is 11.2 Å². The first-order valence-electron chi connectivity index (χ1n) is 5.10. The summed E-state index contributed by atoms with van der Waals surface area (Å²) in [6.07, 6.45) is 0.325. The number of rotatable bonds is 6. The largest absolute Gasteiger partial charge is 0.395 e. The average molecular weight is 242 g/mol. The lowest BCUT2D eigenvalue weighted by Crippen LogP contribution is -2.11. The van der Waals surface area contributed by atoms with Crippen molar-refractivity contribution in [1.29, 1.82) is 0 Å². The van der Waals surface area contributed by atoms with Crippen LogP contribution >= 0.6 is 11.8 Å². The molecule has 0 aromatic heterocycles. The van der Waals surface area contributed by atoms with Crippen LogP contribution in [0.3, 0.4) is 0 Å². The van der Waals surface area contributed by atoms with Crippen molar-refractivity contribution in [2.24, 2.45) is 0 Å². The quantitative estimate of drug-likeness (QED) is 0.829. The zero-order valence-corrected chi connectivity index (χ0v) is 9.97. The Bertz CT molecular complexity index is 337. The summed E-state index contributed by atoms with van der Waals surface area (Å²) in [6.45, 7) is 1.95. The van der Waals surface area contributed by atoms with Gasteiger partial charge in [-0.15, -0.1) is 11.8 Å². The third-order valence-electron chi connectivity index (χ3n) is 2.10. The van der Waals surface area contributed by atoms with Crippen molar-refractivity contribution < 1.29 is 14.3 Å². The summed E-state index contributed by atoms with van der Waals surface area (Å²) < 4.78 is 12.6. The minimum absolute atomic E-state index is 0.0779. The minimum atomic E-state index is -0.292. The molecule has 0 radical (unpaired) electrons. The Kier molecular flexibility index (Phi) is 5.49. The molecular formula is C12H15FO2S. The predicted octanol–water partition coefficient (Wildman–Crippen LogP) is 2.05. The highest BCUT2D eigenvalue weighted by Gasteiger charge is 2.07. The van der Waals surface area contributed by atoms with Crippen molar-refractivity contribution in [3.63, 3.8) is 0 Å². The second-order valence-corrected chi connectivity index (χ2v) is 5.07. The fourth-order valence-corrected chi connectivity index (χ4v) is 1.85. The third kappa shape index (κ3) is 4.77. The lowest BCUT2D eigenvalue weighted by Gasteiger charge is -2.06. The topological polar surface area (TPSA) is 37.3 Å². The molecule has 88 valence electrons. The standard InChI is InChI=1S/C12H15FO2S/c1-9(7-14)16-8-12(15)6-10-2-4-11(13)5-3-10/h2-5,9,14H,6-8H2,1H3. The van der Waals surface area contributed by atoms with Crippen LogP contribution in [-0.4, -0.2) is 28.5 Å². The van der Waals surface area contributed by atoms with Crippen molar-refractivity contribution >= 4 is 17.5 Å².